The Kier molecular flexibility index (Phi) is 5.22. The Balaban J connectivity index is 1.46. The fourth-order valence-electron chi connectivity index (χ4n) is 5.71. The molecule has 4 saturated heterocycles. The molecule has 0 N–H and O–H groups in total. The molecule has 30 heavy (non-hydrogen) atoms. The lowest BCUT2D eigenvalue weighted by atomic mass is 9.71. The molecule has 4 atom stereocenters. The highest BCUT2D eigenvalue weighted by molar-refractivity contribution is 5.89. The minimum Gasteiger partial charge on any atom is -0.481 e. The van der Waals surface area contributed by atoms with Gasteiger partial charge in [-0.1, -0.05) is 0 Å². The average molecular weight is 415 g/mol. The average Bonchev–Trinajstić information content (AvgIpc) is 2.80. The van der Waals surface area contributed by atoms with Crippen molar-refractivity contribution in [2.24, 2.45) is 11.8 Å². The lowest BCUT2D eigenvalue weighted by Crippen LogP contribution is -2.69. The first-order valence-corrected chi connectivity index (χ1v) is 11.0. The zero-order chi connectivity index (χ0) is 20.7. The van der Waals surface area contributed by atoms with E-state index in [1.54, 1.807) is 19.4 Å². The Morgan fingerprint density at radius 1 is 1.23 bits per heavy atom. The van der Waals surface area contributed by atoms with Gasteiger partial charge in [-0.15, -0.1) is 0 Å². The van der Waals surface area contributed by atoms with Gasteiger partial charge in [-0.05, 0) is 25.2 Å². The van der Waals surface area contributed by atoms with Crippen LogP contribution in [0.4, 0.5) is 5.95 Å². The Morgan fingerprint density at radius 3 is 2.83 bits per heavy atom. The number of carbonyl (C=O) groups excluding carboxylic acids is 2. The fourth-order valence-corrected chi connectivity index (χ4v) is 5.71. The van der Waals surface area contributed by atoms with Crippen LogP contribution in [-0.2, 0) is 14.3 Å². The van der Waals surface area contributed by atoms with Gasteiger partial charge in [0.1, 0.15) is 6.04 Å². The summed E-state index contributed by atoms with van der Waals surface area (Å²) in [6.45, 7) is 3.79. The van der Waals surface area contributed by atoms with Crippen LogP contribution in [0.1, 0.15) is 25.7 Å². The number of anilines is 1. The van der Waals surface area contributed by atoms with E-state index >= 15 is 0 Å². The van der Waals surface area contributed by atoms with E-state index in [-0.39, 0.29) is 23.8 Å². The van der Waals surface area contributed by atoms with Crippen molar-refractivity contribution in [3.05, 3.63) is 12.3 Å². The molecule has 9 nitrogen and oxygen atoms in total. The highest BCUT2D eigenvalue weighted by Crippen LogP contribution is 2.42. The second kappa shape index (κ2) is 8.02. The van der Waals surface area contributed by atoms with Gasteiger partial charge < -0.3 is 24.2 Å². The maximum Gasteiger partial charge on any atom is 0.245 e. The number of nitrogens with zero attached hydrogens (tertiary/aromatic N) is 5. The standard InChI is InChI=1S/C21H29N5O4/c1-29-17-5-6-22-21(23-17)25-12-14-11-15(13-25)19(20(28)24-7-9-30-10-8-24)26-16(14)3-2-4-18(26)27/h5-6,14-16,19H,2-4,7-13H2,1H3/t14-,15+,16-,19+/m0/s1. The van der Waals surface area contributed by atoms with Gasteiger partial charge in [0.25, 0.3) is 0 Å². The van der Waals surface area contributed by atoms with Crippen molar-refractivity contribution in [3.63, 3.8) is 0 Å². The molecule has 0 aromatic carbocycles. The van der Waals surface area contributed by atoms with E-state index in [4.69, 9.17) is 9.47 Å². The highest BCUT2D eigenvalue weighted by atomic mass is 16.5. The van der Waals surface area contributed by atoms with Crippen LogP contribution >= 0.6 is 0 Å². The lowest BCUT2D eigenvalue weighted by Gasteiger charge is -2.56. The third kappa shape index (κ3) is 3.38. The van der Waals surface area contributed by atoms with Crippen LogP contribution in [0.3, 0.4) is 0 Å². The van der Waals surface area contributed by atoms with E-state index in [9.17, 15) is 9.59 Å². The first-order valence-electron chi connectivity index (χ1n) is 11.0. The molecule has 1 aromatic rings. The van der Waals surface area contributed by atoms with E-state index in [0.717, 1.165) is 25.8 Å². The lowest BCUT2D eigenvalue weighted by molar-refractivity contribution is -0.163. The molecule has 0 radical (unpaired) electrons. The second-order valence-corrected chi connectivity index (χ2v) is 8.70. The van der Waals surface area contributed by atoms with Crippen molar-refractivity contribution < 1.29 is 19.1 Å². The molecule has 1 aromatic heterocycles. The Hall–Kier alpha value is -2.42. The highest BCUT2D eigenvalue weighted by Gasteiger charge is 2.53. The fraction of sp³-hybridized carbons (Fsp3) is 0.714. The largest absolute Gasteiger partial charge is 0.481 e. The van der Waals surface area contributed by atoms with Gasteiger partial charge in [0.2, 0.25) is 23.6 Å². The molecule has 9 heteroatoms. The van der Waals surface area contributed by atoms with Crippen molar-refractivity contribution in [1.82, 2.24) is 19.8 Å². The Morgan fingerprint density at radius 2 is 2.03 bits per heavy atom. The number of fused-ring (bicyclic) bond motifs is 4. The monoisotopic (exact) mass is 415 g/mol. The number of aromatic nitrogens is 2. The zero-order valence-electron chi connectivity index (χ0n) is 17.4. The molecule has 4 fully saturated rings. The molecule has 2 amide bonds. The number of ether oxygens (including phenoxy) is 2. The molecule has 0 saturated carbocycles. The van der Waals surface area contributed by atoms with Crippen molar-refractivity contribution in [2.45, 2.75) is 37.8 Å². The maximum absolute atomic E-state index is 13.6. The summed E-state index contributed by atoms with van der Waals surface area (Å²) in [6, 6.07) is 1.46. The summed E-state index contributed by atoms with van der Waals surface area (Å²) < 4.78 is 10.7. The normalized spacial score (nSPS) is 31.4. The van der Waals surface area contributed by atoms with Crippen molar-refractivity contribution in [2.75, 3.05) is 51.4 Å². The summed E-state index contributed by atoms with van der Waals surface area (Å²) in [5, 5.41) is 0. The summed E-state index contributed by atoms with van der Waals surface area (Å²) in [6.07, 6.45) is 5.08. The number of rotatable bonds is 3. The minimum atomic E-state index is -0.398. The van der Waals surface area contributed by atoms with E-state index in [2.05, 4.69) is 14.9 Å². The van der Waals surface area contributed by atoms with Gasteiger partial charge in [-0.2, -0.15) is 4.98 Å². The van der Waals surface area contributed by atoms with Crippen LogP contribution in [0.25, 0.3) is 0 Å². The van der Waals surface area contributed by atoms with Crippen molar-refractivity contribution in [1.29, 1.82) is 0 Å². The molecule has 2 bridgehead atoms. The SMILES string of the molecule is COc1ccnc(N2C[C@@H]3C[C@H](C2)[C@H](C(=O)N2CCOCC2)N2C(=O)CCC[C@@H]32)n1. The van der Waals surface area contributed by atoms with Gasteiger partial charge >= 0.3 is 0 Å². The summed E-state index contributed by atoms with van der Waals surface area (Å²) in [7, 11) is 1.60. The van der Waals surface area contributed by atoms with Crippen LogP contribution < -0.4 is 9.64 Å². The third-order valence-corrected chi connectivity index (χ3v) is 7.03. The number of piperidine rings is 3. The molecular weight excluding hydrogens is 386 g/mol. The predicted octanol–water partition coefficient (Wildman–Crippen LogP) is 0.550. The van der Waals surface area contributed by atoms with Crippen LogP contribution in [0.2, 0.25) is 0 Å². The van der Waals surface area contributed by atoms with Crippen molar-refractivity contribution in [3.8, 4) is 5.88 Å². The summed E-state index contributed by atoms with van der Waals surface area (Å²) >= 11 is 0. The number of hydrogen-bond donors (Lipinski definition) is 0. The van der Waals surface area contributed by atoms with Crippen molar-refractivity contribution >= 4 is 17.8 Å². The molecule has 162 valence electrons. The molecule has 5 rings (SSSR count). The smallest absolute Gasteiger partial charge is 0.245 e. The summed E-state index contributed by atoms with van der Waals surface area (Å²) in [5.41, 5.74) is 0. The first kappa shape index (κ1) is 19.5. The minimum absolute atomic E-state index is 0.0761. The second-order valence-electron chi connectivity index (χ2n) is 8.70. The number of methoxy groups -OCH3 is 1. The molecule has 4 aliphatic rings. The van der Waals surface area contributed by atoms with Gasteiger partial charge in [0, 0.05) is 56.8 Å². The van der Waals surface area contributed by atoms with Gasteiger partial charge in [-0.25, -0.2) is 4.98 Å². The third-order valence-electron chi connectivity index (χ3n) is 7.03. The summed E-state index contributed by atoms with van der Waals surface area (Å²) in [5.74, 6) is 1.79. The van der Waals surface area contributed by atoms with E-state index in [0.29, 0.717) is 57.0 Å². The molecule has 0 aliphatic carbocycles. The maximum atomic E-state index is 13.6. The van der Waals surface area contributed by atoms with E-state index in [1.807, 2.05) is 9.80 Å². The number of hydrogen-bond acceptors (Lipinski definition) is 7. The zero-order valence-corrected chi connectivity index (χ0v) is 17.4. The molecule has 0 spiro atoms. The van der Waals surface area contributed by atoms with Gasteiger partial charge in [0.15, 0.2) is 0 Å². The number of carbonyl (C=O) groups is 2. The van der Waals surface area contributed by atoms with Crippen LogP contribution in [0.5, 0.6) is 5.88 Å². The molecular formula is C21H29N5O4. The predicted molar refractivity (Wildman–Crippen MR) is 108 cm³/mol. The number of amides is 2. The molecule has 0 unspecified atom stereocenters. The molecule has 5 heterocycles. The topological polar surface area (TPSA) is 88.1 Å². The van der Waals surface area contributed by atoms with Crippen LogP contribution in [-0.4, -0.2) is 90.2 Å². The van der Waals surface area contributed by atoms with Gasteiger partial charge in [-0.3, -0.25) is 9.59 Å². The quantitative estimate of drug-likeness (QED) is 0.712. The number of morpholine rings is 1. The van der Waals surface area contributed by atoms with E-state index < -0.39 is 6.04 Å². The van der Waals surface area contributed by atoms with Crippen LogP contribution in [0, 0.1) is 11.8 Å². The first-order chi connectivity index (χ1) is 14.7. The molecule has 4 aliphatic heterocycles. The van der Waals surface area contributed by atoms with Gasteiger partial charge in [0.05, 0.1) is 20.3 Å². The Labute approximate surface area is 176 Å². The van der Waals surface area contributed by atoms with E-state index in [1.165, 1.54) is 0 Å². The summed E-state index contributed by atoms with van der Waals surface area (Å²) in [4.78, 5) is 41.6. The van der Waals surface area contributed by atoms with Crippen LogP contribution in [0.15, 0.2) is 12.3 Å². The Bertz CT molecular complexity index is 814.